The van der Waals surface area contributed by atoms with Crippen molar-refractivity contribution in [3.63, 3.8) is 0 Å². The molecule has 6 heteroatoms. The van der Waals surface area contributed by atoms with E-state index in [1.54, 1.807) is 18.2 Å². The van der Waals surface area contributed by atoms with E-state index in [0.29, 0.717) is 16.1 Å². The third kappa shape index (κ3) is 5.75. The SMILES string of the molecule is CCc1cccc(NC(=O)COC(=O)/C=C/c2ccc(Br)o2)c1. The van der Waals surface area contributed by atoms with E-state index in [1.807, 2.05) is 25.1 Å². The lowest BCUT2D eigenvalue weighted by Crippen LogP contribution is -2.20. The Kier molecular flexibility index (Phi) is 6.17. The fourth-order valence-corrected chi connectivity index (χ4v) is 2.14. The van der Waals surface area contributed by atoms with Crippen molar-refractivity contribution >= 4 is 39.6 Å². The Bertz CT molecular complexity index is 721. The molecule has 0 aliphatic heterocycles. The quantitative estimate of drug-likeness (QED) is 0.613. The average Bonchev–Trinajstić information content (AvgIpc) is 2.96. The lowest BCUT2D eigenvalue weighted by Gasteiger charge is -2.06. The van der Waals surface area contributed by atoms with Gasteiger partial charge in [-0.1, -0.05) is 19.1 Å². The van der Waals surface area contributed by atoms with E-state index >= 15 is 0 Å². The number of furan rings is 1. The number of aryl methyl sites for hydroxylation is 1. The summed E-state index contributed by atoms with van der Waals surface area (Å²) in [5.41, 5.74) is 1.80. The highest BCUT2D eigenvalue weighted by Gasteiger charge is 2.06. The van der Waals surface area contributed by atoms with Crippen molar-refractivity contribution in [2.45, 2.75) is 13.3 Å². The van der Waals surface area contributed by atoms with Gasteiger partial charge in [0.25, 0.3) is 5.91 Å². The summed E-state index contributed by atoms with van der Waals surface area (Å²) in [5.74, 6) is -0.495. The predicted molar refractivity (Wildman–Crippen MR) is 90.9 cm³/mol. The van der Waals surface area contributed by atoms with Gasteiger partial charge in [-0.3, -0.25) is 4.79 Å². The Balaban J connectivity index is 1.79. The maximum Gasteiger partial charge on any atom is 0.331 e. The van der Waals surface area contributed by atoms with Gasteiger partial charge in [-0.2, -0.15) is 0 Å². The summed E-state index contributed by atoms with van der Waals surface area (Å²) in [7, 11) is 0. The average molecular weight is 378 g/mol. The van der Waals surface area contributed by atoms with E-state index in [9.17, 15) is 9.59 Å². The van der Waals surface area contributed by atoms with E-state index in [0.717, 1.165) is 12.0 Å². The predicted octanol–water partition coefficient (Wildman–Crippen LogP) is 3.80. The van der Waals surface area contributed by atoms with Crippen LogP contribution in [0.25, 0.3) is 6.08 Å². The van der Waals surface area contributed by atoms with Crippen LogP contribution in [-0.2, 0) is 20.7 Å². The second kappa shape index (κ2) is 8.33. The fourth-order valence-electron chi connectivity index (χ4n) is 1.82. The van der Waals surface area contributed by atoms with E-state index < -0.39 is 5.97 Å². The summed E-state index contributed by atoms with van der Waals surface area (Å²) in [6.07, 6.45) is 3.55. The molecule has 0 unspecified atom stereocenters. The monoisotopic (exact) mass is 377 g/mol. The first-order valence-corrected chi connectivity index (χ1v) is 7.85. The molecule has 1 aromatic heterocycles. The minimum atomic E-state index is -0.616. The molecule has 0 fully saturated rings. The van der Waals surface area contributed by atoms with E-state index in [4.69, 9.17) is 9.15 Å². The lowest BCUT2D eigenvalue weighted by atomic mass is 10.1. The van der Waals surface area contributed by atoms with Gasteiger partial charge in [0.1, 0.15) is 5.76 Å². The summed E-state index contributed by atoms with van der Waals surface area (Å²) in [4.78, 5) is 23.3. The Morgan fingerprint density at radius 1 is 1.30 bits per heavy atom. The van der Waals surface area contributed by atoms with Crippen molar-refractivity contribution in [3.05, 3.63) is 58.5 Å². The fraction of sp³-hybridized carbons (Fsp3) is 0.176. The number of anilines is 1. The maximum absolute atomic E-state index is 11.8. The number of nitrogens with one attached hydrogen (secondary N) is 1. The molecule has 1 aromatic carbocycles. The van der Waals surface area contributed by atoms with Crippen LogP contribution in [0, 0.1) is 0 Å². The van der Waals surface area contributed by atoms with Gasteiger partial charge in [-0.25, -0.2) is 4.79 Å². The molecular formula is C17H16BrNO4. The third-order valence-electron chi connectivity index (χ3n) is 2.94. The molecule has 0 saturated heterocycles. The van der Waals surface area contributed by atoms with Crippen LogP contribution >= 0.6 is 15.9 Å². The summed E-state index contributed by atoms with van der Waals surface area (Å²) in [6, 6.07) is 10.9. The highest BCUT2D eigenvalue weighted by Crippen LogP contribution is 2.15. The molecule has 5 nitrogen and oxygen atoms in total. The molecule has 0 radical (unpaired) electrons. The minimum absolute atomic E-state index is 0.346. The summed E-state index contributed by atoms with van der Waals surface area (Å²) in [5, 5.41) is 2.68. The van der Waals surface area contributed by atoms with Crippen LogP contribution in [0.3, 0.4) is 0 Å². The molecule has 1 amide bonds. The first-order chi connectivity index (χ1) is 11.1. The number of rotatable bonds is 6. The Labute approximate surface area is 142 Å². The topological polar surface area (TPSA) is 68.5 Å². The van der Waals surface area contributed by atoms with Gasteiger partial charge in [0.15, 0.2) is 11.3 Å². The van der Waals surface area contributed by atoms with E-state index in [-0.39, 0.29) is 12.5 Å². The number of halogens is 1. The van der Waals surface area contributed by atoms with Gasteiger partial charge >= 0.3 is 5.97 Å². The molecule has 0 saturated carbocycles. The zero-order valence-corrected chi connectivity index (χ0v) is 14.1. The van der Waals surface area contributed by atoms with Gasteiger partial charge in [-0.15, -0.1) is 0 Å². The first-order valence-electron chi connectivity index (χ1n) is 7.06. The molecule has 0 bridgehead atoms. The Hall–Kier alpha value is -2.34. The second-order valence-electron chi connectivity index (χ2n) is 4.69. The van der Waals surface area contributed by atoms with Crippen LogP contribution in [0.2, 0.25) is 0 Å². The molecule has 23 heavy (non-hydrogen) atoms. The number of ether oxygens (including phenoxy) is 1. The van der Waals surface area contributed by atoms with Gasteiger partial charge < -0.3 is 14.5 Å². The lowest BCUT2D eigenvalue weighted by molar-refractivity contribution is -0.142. The molecule has 0 atom stereocenters. The Morgan fingerprint density at radius 3 is 2.83 bits per heavy atom. The third-order valence-corrected chi connectivity index (χ3v) is 3.37. The molecule has 0 spiro atoms. The van der Waals surface area contributed by atoms with Crippen molar-refractivity contribution in [3.8, 4) is 0 Å². The molecular weight excluding hydrogens is 362 g/mol. The van der Waals surface area contributed by atoms with Gasteiger partial charge in [0.2, 0.25) is 0 Å². The normalized spacial score (nSPS) is 10.7. The number of benzene rings is 1. The summed E-state index contributed by atoms with van der Waals surface area (Å²) in [6.45, 7) is 1.69. The molecule has 0 aliphatic rings. The van der Waals surface area contributed by atoms with E-state index in [2.05, 4.69) is 21.2 Å². The van der Waals surface area contributed by atoms with Crippen molar-refractivity contribution in [2.75, 3.05) is 11.9 Å². The highest BCUT2D eigenvalue weighted by molar-refractivity contribution is 9.10. The van der Waals surface area contributed by atoms with Crippen LogP contribution < -0.4 is 5.32 Å². The zero-order chi connectivity index (χ0) is 16.7. The van der Waals surface area contributed by atoms with Gasteiger partial charge in [0.05, 0.1) is 0 Å². The van der Waals surface area contributed by atoms with Crippen molar-refractivity contribution < 1.29 is 18.7 Å². The van der Waals surface area contributed by atoms with Gasteiger partial charge in [-0.05, 0) is 58.3 Å². The minimum Gasteiger partial charge on any atom is -0.452 e. The van der Waals surface area contributed by atoms with Crippen LogP contribution in [-0.4, -0.2) is 18.5 Å². The van der Waals surface area contributed by atoms with Crippen LogP contribution in [0.5, 0.6) is 0 Å². The van der Waals surface area contributed by atoms with Crippen LogP contribution in [0.1, 0.15) is 18.2 Å². The molecule has 1 N–H and O–H groups in total. The van der Waals surface area contributed by atoms with Crippen LogP contribution in [0.4, 0.5) is 5.69 Å². The molecule has 1 heterocycles. The van der Waals surface area contributed by atoms with Crippen molar-refractivity contribution in [1.29, 1.82) is 0 Å². The number of hydrogen-bond donors (Lipinski definition) is 1. The highest BCUT2D eigenvalue weighted by atomic mass is 79.9. The summed E-state index contributed by atoms with van der Waals surface area (Å²) < 4.78 is 10.6. The summed E-state index contributed by atoms with van der Waals surface area (Å²) >= 11 is 3.16. The van der Waals surface area contributed by atoms with Crippen molar-refractivity contribution in [2.24, 2.45) is 0 Å². The molecule has 0 aliphatic carbocycles. The first kappa shape index (κ1) is 17.0. The number of carbonyl (C=O) groups excluding carboxylic acids is 2. The number of amides is 1. The van der Waals surface area contributed by atoms with Gasteiger partial charge in [0, 0.05) is 11.8 Å². The van der Waals surface area contributed by atoms with E-state index in [1.165, 1.54) is 12.2 Å². The molecule has 120 valence electrons. The zero-order valence-electron chi connectivity index (χ0n) is 12.5. The molecule has 2 aromatic rings. The molecule has 2 rings (SSSR count). The second-order valence-corrected chi connectivity index (χ2v) is 5.47. The smallest absolute Gasteiger partial charge is 0.331 e. The number of hydrogen-bond acceptors (Lipinski definition) is 4. The standard InChI is InChI=1S/C17H16BrNO4/c1-2-12-4-3-5-13(10-12)19-16(20)11-22-17(21)9-7-14-6-8-15(18)23-14/h3-10H,2,11H2,1H3,(H,19,20)/b9-7+. The van der Waals surface area contributed by atoms with Crippen LogP contribution in [0.15, 0.2) is 51.6 Å². The number of carbonyl (C=O) groups is 2. The maximum atomic E-state index is 11.8. The van der Waals surface area contributed by atoms with Crippen molar-refractivity contribution in [1.82, 2.24) is 0 Å². The largest absolute Gasteiger partial charge is 0.452 e. The Morgan fingerprint density at radius 2 is 2.13 bits per heavy atom. The number of esters is 1.